The van der Waals surface area contributed by atoms with Gasteiger partial charge in [0.25, 0.3) is 0 Å². The lowest BCUT2D eigenvalue weighted by atomic mass is 10.1. The fourth-order valence-corrected chi connectivity index (χ4v) is 5.19. The molecule has 0 N–H and O–H groups in total. The van der Waals surface area contributed by atoms with E-state index >= 15 is 0 Å². The van der Waals surface area contributed by atoms with Gasteiger partial charge in [0, 0.05) is 19.3 Å². The van der Waals surface area contributed by atoms with Gasteiger partial charge >= 0.3 is 17.9 Å². The standard InChI is InChI=1S/C34H62O7/c1-4-7-10-13-16-19-22-25-30(35)39-29-28-38-34(41-32(37)27-24-21-18-15-12-9-6-3)33(29)40-31(36)26-23-20-17-14-11-8-5-2/h29,33-34H,4-28H2,1-3H3. The Labute approximate surface area is 251 Å². The van der Waals surface area contributed by atoms with Gasteiger partial charge in [0.05, 0.1) is 6.61 Å². The predicted octanol–water partition coefficient (Wildman–Crippen LogP) is 9.13. The maximum atomic E-state index is 12.7. The molecular formula is C34H62O7. The SMILES string of the molecule is CCCCCCCCCC(=O)OC1COC(OC(=O)CCCCCCCCC)C1OC(=O)CCCCCCCCC. The highest BCUT2D eigenvalue weighted by molar-refractivity contribution is 5.71. The summed E-state index contributed by atoms with van der Waals surface area (Å²) in [4.78, 5) is 37.8. The molecule has 7 nitrogen and oxygen atoms in total. The molecule has 0 aromatic heterocycles. The molecule has 0 aromatic rings. The first-order valence-electron chi connectivity index (χ1n) is 17.2. The molecule has 1 fully saturated rings. The molecule has 1 saturated heterocycles. The quantitative estimate of drug-likeness (QED) is 0.0542. The van der Waals surface area contributed by atoms with Crippen LogP contribution in [-0.2, 0) is 33.3 Å². The van der Waals surface area contributed by atoms with E-state index in [0.29, 0.717) is 19.3 Å². The van der Waals surface area contributed by atoms with Crippen molar-refractivity contribution < 1.29 is 33.3 Å². The summed E-state index contributed by atoms with van der Waals surface area (Å²) in [5, 5.41) is 0. The van der Waals surface area contributed by atoms with Gasteiger partial charge in [-0.15, -0.1) is 0 Å². The average Bonchev–Trinajstić information content (AvgIpc) is 3.31. The van der Waals surface area contributed by atoms with Crippen LogP contribution >= 0.6 is 0 Å². The topological polar surface area (TPSA) is 88.1 Å². The van der Waals surface area contributed by atoms with Crippen molar-refractivity contribution in [2.45, 2.75) is 193 Å². The minimum absolute atomic E-state index is 0.0491. The van der Waals surface area contributed by atoms with E-state index in [9.17, 15) is 14.4 Å². The molecule has 7 heteroatoms. The maximum absolute atomic E-state index is 12.7. The number of carbonyl (C=O) groups excluding carboxylic acids is 3. The van der Waals surface area contributed by atoms with Gasteiger partial charge in [-0.25, -0.2) is 0 Å². The molecule has 3 atom stereocenters. The highest BCUT2D eigenvalue weighted by Gasteiger charge is 2.45. The molecule has 0 saturated carbocycles. The average molecular weight is 583 g/mol. The first kappa shape index (κ1) is 37.4. The fraction of sp³-hybridized carbons (Fsp3) is 0.912. The van der Waals surface area contributed by atoms with Crippen LogP contribution in [0.4, 0.5) is 0 Å². The van der Waals surface area contributed by atoms with Crippen molar-refractivity contribution in [1.29, 1.82) is 0 Å². The molecule has 3 unspecified atom stereocenters. The Morgan fingerprint density at radius 1 is 0.488 bits per heavy atom. The molecule has 41 heavy (non-hydrogen) atoms. The number of ether oxygens (including phenoxy) is 4. The second kappa shape index (κ2) is 26.0. The van der Waals surface area contributed by atoms with Gasteiger partial charge in [0.1, 0.15) is 0 Å². The van der Waals surface area contributed by atoms with Crippen molar-refractivity contribution >= 4 is 17.9 Å². The molecule has 0 spiro atoms. The number of esters is 3. The Bertz CT molecular complexity index is 625. The van der Waals surface area contributed by atoms with Gasteiger partial charge in [-0.3, -0.25) is 14.4 Å². The monoisotopic (exact) mass is 582 g/mol. The van der Waals surface area contributed by atoms with E-state index in [1.807, 2.05) is 0 Å². The molecule has 1 aliphatic rings. The van der Waals surface area contributed by atoms with Crippen LogP contribution in [0.15, 0.2) is 0 Å². The highest BCUT2D eigenvalue weighted by Crippen LogP contribution is 2.25. The third-order valence-electron chi connectivity index (χ3n) is 7.81. The lowest BCUT2D eigenvalue weighted by molar-refractivity contribution is -0.195. The Hall–Kier alpha value is -1.63. The number of hydrogen-bond acceptors (Lipinski definition) is 7. The van der Waals surface area contributed by atoms with Crippen LogP contribution in [0, 0.1) is 0 Å². The maximum Gasteiger partial charge on any atom is 0.308 e. The van der Waals surface area contributed by atoms with Crippen molar-refractivity contribution in [1.82, 2.24) is 0 Å². The lowest BCUT2D eigenvalue weighted by Gasteiger charge is -2.23. The van der Waals surface area contributed by atoms with E-state index in [1.54, 1.807) is 0 Å². The Morgan fingerprint density at radius 3 is 1.24 bits per heavy atom. The van der Waals surface area contributed by atoms with Crippen LogP contribution in [0.25, 0.3) is 0 Å². The van der Waals surface area contributed by atoms with Crippen LogP contribution in [0.1, 0.15) is 175 Å². The summed E-state index contributed by atoms with van der Waals surface area (Å²) in [6, 6.07) is 0. The summed E-state index contributed by atoms with van der Waals surface area (Å²) in [6.07, 6.45) is 21.5. The molecule has 0 radical (unpaired) electrons. The van der Waals surface area contributed by atoms with E-state index in [4.69, 9.17) is 18.9 Å². The largest absolute Gasteiger partial charge is 0.456 e. The lowest BCUT2D eigenvalue weighted by Crippen LogP contribution is -2.40. The number of hydrogen-bond donors (Lipinski definition) is 0. The second-order valence-corrected chi connectivity index (χ2v) is 11.8. The summed E-state index contributed by atoms with van der Waals surface area (Å²) in [5.41, 5.74) is 0. The van der Waals surface area contributed by atoms with Crippen molar-refractivity contribution in [2.24, 2.45) is 0 Å². The van der Waals surface area contributed by atoms with Gasteiger partial charge in [-0.2, -0.15) is 0 Å². The van der Waals surface area contributed by atoms with Gasteiger partial charge in [0.15, 0.2) is 6.10 Å². The third-order valence-corrected chi connectivity index (χ3v) is 7.81. The highest BCUT2D eigenvalue weighted by atomic mass is 16.7. The van der Waals surface area contributed by atoms with E-state index in [2.05, 4.69) is 20.8 Å². The molecule has 0 amide bonds. The predicted molar refractivity (Wildman–Crippen MR) is 163 cm³/mol. The third kappa shape index (κ3) is 20.0. The van der Waals surface area contributed by atoms with Gasteiger partial charge in [-0.1, -0.05) is 136 Å². The number of unbranched alkanes of at least 4 members (excludes halogenated alkanes) is 18. The first-order valence-corrected chi connectivity index (χ1v) is 17.2. The normalized spacial score (nSPS) is 18.4. The van der Waals surface area contributed by atoms with E-state index in [-0.39, 0.29) is 24.5 Å². The fourth-order valence-electron chi connectivity index (χ4n) is 5.19. The molecule has 1 heterocycles. The number of carbonyl (C=O) groups is 3. The molecular weight excluding hydrogens is 520 g/mol. The number of rotatable bonds is 27. The smallest absolute Gasteiger partial charge is 0.308 e. The van der Waals surface area contributed by atoms with E-state index < -0.39 is 18.5 Å². The summed E-state index contributed by atoms with van der Waals surface area (Å²) in [6.45, 7) is 6.64. The minimum atomic E-state index is -1.04. The Kier molecular flexibility index (Phi) is 23.7. The first-order chi connectivity index (χ1) is 20.0. The Balaban J connectivity index is 2.51. The van der Waals surface area contributed by atoms with E-state index in [1.165, 1.54) is 77.0 Å². The van der Waals surface area contributed by atoms with Crippen LogP contribution in [0.5, 0.6) is 0 Å². The summed E-state index contributed by atoms with van der Waals surface area (Å²) < 4.78 is 22.7. The van der Waals surface area contributed by atoms with Gasteiger partial charge in [0.2, 0.25) is 12.4 Å². The zero-order chi connectivity index (χ0) is 30.0. The summed E-state index contributed by atoms with van der Waals surface area (Å²) in [7, 11) is 0. The van der Waals surface area contributed by atoms with Crippen molar-refractivity contribution in [2.75, 3.05) is 6.61 Å². The molecule has 240 valence electrons. The summed E-state index contributed by atoms with van der Waals surface area (Å²) >= 11 is 0. The minimum Gasteiger partial charge on any atom is -0.456 e. The molecule has 0 bridgehead atoms. The molecule has 0 aliphatic carbocycles. The van der Waals surface area contributed by atoms with Crippen LogP contribution in [-0.4, -0.2) is 43.0 Å². The summed E-state index contributed by atoms with van der Waals surface area (Å²) in [5.74, 6) is -1.06. The zero-order valence-corrected chi connectivity index (χ0v) is 26.8. The molecule has 1 rings (SSSR count). The van der Waals surface area contributed by atoms with Crippen molar-refractivity contribution in [3.63, 3.8) is 0 Å². The zero-order valence-electron chi connectivity index (χ0n) is 26.8. The van der Waals surface area contributed by atoms with Crippen molar-refractivity contribution in [3.8, 4) is 0 Å². The van der Waals surface area contributed by atoms with Crippen LogP contribution in [0.3, 0.4) is 0 Å². The van der Waals surface area contributed by atoms with Crippen LogP contribution in [0.2, 0.25) is 0 Å². The van der Waals surface area contributed by atoms with Crippen molar-refractivity contribution in [3.05, 3.63) is 0 Å². The molecule has 0 aromatic carbocycles. The second-order valence-electron chi connectivity index (χ2n) is 11.8. The van der Waals surface area contributed by atoms with Gasteiger partial charge in [-0.05, 0) is 19.3 Å². The van der Waals surface area contributed by atoms with E-state index in [0.717, 1.165) is 57.8 Å². The Morgan fingerprint density at radius 2 is 0.829 bits per heavy atom. The molecule has 1 aliphatic heterocycles. The van der Waals surface area contributed by atoms with Gasteiger partial charge < -0.3 is 18.9 Å². The van der Waals surface area contributed by atoms with Crippen LogP contribution < -0.4 is 0 Å².